The smallest absolute Gasteiger partial charge is 0.362 e. The average Bonchev–Trinajstić information content (AvgIpc) is 2.96. The molecule has 0 aliphatic rings. The van der Waals surface area contributed by atoms with Gasteiger partial charge in [-0.05, 0) is 38.5 Å². The van der Waals surface area contributed by atoms with Crippen LogP contribution in [0.25, 0.3) is 0 Å². The Hall–Kier alpha value is -1.89. The first-order valence-electron chi connectivity index (χ1n) is 17.9. The van der Waals surface area contributed by atoms with Crippen LogP contribution in [0, 0.1) is 0 Å². The van der Waals surface area contributed by atoms with Crippen LogP contribution >= 0.6 is 0 Å². The summed E-state index contributed by atoms with van der Waals surface area (Å²) in [7, 11) is 0. The summed E-state index contributed by atoms with van der Waals surface area (Å²) in [5.41, 5.74) is 0. The van der Waals surface area contributed by atoms with Crippen LogP contribution in [0.4, 0.5) is 0 Å². The lowest BCUT2D eigenvalue weighted by atomic mass is 9.93. The number of carbonyl (C=O) groups is 3. The number of quaternary nitrogens is 1. The molecular formula is C36H68NO6+. The Kier molecular flexibility index (Phi) is 25.3. The predicted octanol–water partition coefficient (Wildman–Crippen LogP) is 9.77. The molecule has 0 aromatic heterocycles. The maximum atomic E-state index is 12.3. The first kappa shape index (κ1) is 41.1. The molecule has 43 heavy (non-hydrogen) atoms. The van der Waals surface area contributed by atoms with E-state index in [4.69, 9.17) is 0 Å². The molecule has 0 aromatic carbocycles. The highest BCUT2D eigenvalue weighted by Gasteiger charge is 2.55. The molecule has 7 heteroatoms. The second kappa shape index (κ2) is 26.5. The van der Waals surface area contributed by atoms with Gasteiger partial charge in [0.2, 0.25) is 0 Å². The molecule has 3 atom stereocenters. The van der Waals surface area contributed by atoms with Crippen molar-refractivity contribution in [3.63, 3.8) is 0 Å². The summed E-state index contributed by atoms with van der Waals surface area (Å²) in [5, 5.41) is 30.1. The molecule has 3 N–H and O–H groups in total. The minimum Gasteiger partial charge on any atom is -0.477 e. The lowest BCUT2D eigenvalue weighted by Gasteiger charge is -2.49. The van der Waals surface area contributed by atoms with Crippen LogP contribution in [0.5, 0.6) is 0 Å². The molecule has 0 saturated carbocycles. The van der Waals surface area contributed by atoms with Crippen LogP contribution < -0.4 is 0 Å². The third-order valence-corrected chi connectivity index (χ3v) is 9.31. The molecule has 0 aromatic rings. The number of hydrogen-bond donors (Lipinski definition) is 3. The van der Waals surface area contributed by atoms with Crippen molar-refractivity contribution in [2.75, 3.05) is 6.54 Å². The van der Waals surface area contributed by atoms with Crippen LogP contribution in [-0.2, 0) is 14.4 Å². The molecule has 0 radical (unpaired) electrons. The van der Waals surface area contributed by atoms with E-state index in [-0.39, 0.29) is 25.8 Å². The lowest BCUT2D eigenvalue weighted by molar-refractivity contribution is -0.973. The average molecular weight is 611 g/mol. The quantitative estimate of drug-likeness (QED) is 0.0409. The maximum absolute atomic E-state index is 12.3. The standard InChI is InChI=1S/C36H67NO6/c1-5-9-10-11-12-13-14-15-16-17-18-19-20-21-22-23-24-25-26-27-28-29-30-37(31(6-2)34(38)39,32(7-3)35(40)41)33(8-4)36(42)43/h12-13,31-33H,5-11,14-30H2,1-4H3,(H2-,38,39,40,41,42,43)/p+1/b13-12+. The van der Waals surface area contributed by atoms with Gasteiger partial charge in [-0.25, -0.2) is 14.4 Å². The zero-order valence-electron chi connectivity index (χ0n) is 28.4. The predicted molar refractivity (Wildman–Crippen MR) is 177 cm³/mol. The van der Waals surface area contributed by atoms with E-state index < -0.39 is 40.5 Å². The van der Waals surface area contributed by atoms with Crippen molar-refractivity contribution in [1.82, 2.24) is 0 Å². The van der Waals surface area contributed by atoms with E-state index in [1.54, 1.807) is 20.8 Å². The highest BCUT2D eigenvalue weighted by atomic mass is 16.4. The molecule has 0 fully saturated rings. The second-order valence-corrected chi connectivity index (χ2v) is 12.6. The summed E-state index contributed by atoms with van der Waals surface area (Å²) < 4.78 is -0.403. The van der Waals surface area contributed by atoms with Gasteiger partial charge in [0.25, 0.3) is 0 Å². The van der Waals surface area contributed by atoms with Gasteiger partial charge in [0.15, 0.2) is 18.1 Å². The number of nitrogens with zero attached hydrogens (tertiary/aromatic N) is 1. The molecule has 0 bridgehead atoms. The van der Waals surface area contributed by atoms with E-state index in [9.17, 15) is 29.7 Å². The van der Waals surface area contributed by atoms with Gasteiger partial charge in [0.1, 0.15) is 0 Å². The van der Waals surface area contributed by atoms with Gasteiger partial charge in [-0.3, -0.25) is 4.48 Å². The number of carboxylic acid groups (broad SMARTS) is 3. The SMILES string of the molecule is CCCCC/C=C/CCCCCCCCCCCCCCCCC[N+](C(CC)C(=O)O)(C(CC)C(=O)O)C(CC)C(=O)O. The lowest BCUT2D eigenvalue weighted by Crippen LogP contribution is -2.72. The van der Waals surface area contributed by atoms with E-state index >= 15 is 0 Å². The second-order valence-electron chi connectivity index (χ2n) is 12.6. The van der Waals surface area contributed by atoms with Crippen LogP contribution in [0.3, 0.4) is 0 Å². The molecule has 0 amide bonds. The minimum atomic E-state index is -1.11. The molecule has 0 rings (SSSR count). The Bertz CT molecular complexity index is 697. The van der Waals surface area contributed by atoms with Gasteiger partial charge >= 0.3 is 17.9 Å². The van der Waals surface area contributed by atoms with Crippen molar-refractivity contribution >= 4 is 17.9 Å². The molecule has 252 valence electrons. The van der Waals surface area contributed by atoms with E-state index in [0.717, 1.165) is 19.3 Å². The minimum absolute atomic E-state index is 0.194. The fourth-order valence-electron chi connectivity index (χ4n) is 6.97. The maximum Gasteiger partial charge on any atom is 0.362 e. The third-order valence-electron chi connectivity index (χ3n) is 9.31. The Morgan fingerprint density at radius 2 is 0.744 bits per heavy atom. The molecule has 0 aliphatic heterocycles. The van der Waals surface area contributed by atoms with Crippen LogP contribution in [0.2, 0.25) is 0 Å². The molecule has 0 aliphatic carbocycles. The fraction of sp³-hybridized carbons (Fsp3) is 0.861. The number of aliphatic carboxylic acids is 3. The van der Waals surface area contributed by atoms with E-state index in [0.29, 0.717) is 6.42 Å². The molecule has 0 heterocycles. The van der Waals surface area contributed by atoms with Gasteiger partial charge in [-0.15, -0.1) is 0 Å². The van der Waals surface area contributed by atoms with Crippen LogP contribution in [0.15, 0.2) is 12.2 Å². The van der Waals surface area contributed by atoms with E-state index in [2.05, 4.69) is 19.1 Å². The number of unbranched alkanes of at least 4 members (excludes halogenated alkanes) is 18. The highest BCUT2D eigenvalue weighted by Crippen LogP contribution is 2.32. The van der Waals surface area contributed by atoms with Crippen molar-refractivity contribution < 1.29 is 34.2 Å². The summed E-state index contributed by atoms with van der Waals surface area (Å²) in [5.74, 6) is -3.34. The Morgan fingerprint density at radius 3 is 1.02 bits per heavy atom. The summed E-state index contributed by atoms with van der Waals surface area (Å²) in [4.78, 5) is 36.9. The topological polar surface area (TPSA) is 112 Å². The Balaban J connectivity index is 4.28. The van der Waals surface area contributed by atoms with Gasteiger partial charge in [-0.2, -0.15) is 0 Å². The highest BCUT2D eigenvalue weighted by molar-refractivity contribution is 5.78. The number of allylic oxidation sites excluding steroid dienone is 2. The molecular weight excluding hydrogens is 542 g/mol. The van der Waals surface area contributed by atoms with Crippen molar-refractivity contribution in [3.8, 4) is 0 Å². The summed E-state index contributed by atoms with van der Waals surface area (Å²) in [6.07, 6.45) is 29.8. The largest absolute Gasteiger partial charge is 0.477 e. The van der Waals surface area contributed by atoms with Crippen molar-refractivity contribution in [3.05, 3.63) is 12.2 Å². The van der Waals surface area contributed by atoms with Gasteiger partial charge in [0, 0.05) is 19.3 Å². The van der Waals surface area contributed by atoms with Crippen molar-refractivity contribution in [2.45, 2.75) is 193 Å². The zero-order valence-corrected chi connectivity index (χ0v) is 28.4. The Morgan fingerprint density at radius 1 is 0.465 bits per heavy atom. The first-order chi connectivity index (χ1) is 20.7. The Labute approximate surface area is 264 Å². The molecule has 0 spiro atoms. The summed E-state index contributed by atoms with van der Waals surface area (Å²) in [6.45, 7) is 7.65. The normalized spacial score (nSPS) is 15.3. The molecule has 0 saturated heterocycles. The van der Waals surface area contributed by atoms with Crippen molar-refractivity contribution in [1.29, 1.82) is 0 Å². The van der Waals surface area contributed by atoms with Crippen molar-refractivity contribution in [2.24, 2.45) is 0 Å². The van der Waals surface area contributed by atoms with Crippen LogP contribution in [-0.4, -0.2) is 62.4 Å². The fourth-order valence-corrected chi connectivity index (χ4v) is 6.97. The first-order valence-corrected chi connectivity index (χ1v) is 17.9. The number of rotatable bonds is 31. The number of carboxylic acids is 3. The van der Waals surface area contributed by atoms with Gasteiger partial charge in [0.05, 0.1) is 6.54 Å². The molecule has 3 unspecified atom stereocenters. The summed E-state index contributed by atoms with van der Waals surface area (Å²) in [6, 6.07) is -3.18. The van der Waals surface area contributed by atoms with E-state index in [1.807, 2.05) is 0 Å². The van der Waals surface area contributed by atoms with Gasteiger partial charge < -0.3 is 15.3 Å². The molecule has 7 nitrogen and oxygen atoms in total. The number of hydrogen-bond acceptors (Lipinski definition) is 3. The third kappa shape index (κ3) is 16.7. The monoisotopic (exact) mass is 611 g/mol. The van der Waals surface area contributed by atoms with Gasteiger partial charge in [-0.1, -0.05) is 130 Å². The van der Waals surface area contributed by atoms with E-state index in [1.165, 1.54) is 103 Å². The summed E-state index contributed by atoms with van der Waals surface area (Å²) >= 11 is 0. The van der Waals surface area contributed by atoms with Crippen LogP contribution in [0.1, 0.15) is 175 Å². The zero-order chi connectivity index (χ0) is 32.3.